The fourth-order valence-corrected chi connectivity index (χ4v) is 4.28. The molecule has 0 aliphatic carbocycles. The van der Waals surface area contributed by atoms with E-state index in [1.54, 1.807) is 24.3 Å². The summed E-state index contributed by atoms with van der Waals surface area (Å²) in [5.41, 5.74) is 3.95. The molecule has 3 amide bonds. The Labute approximate surface area is 220 Å². The molecule has 3 rings (SSSR count). The van der Waals surface area contributed by atoms with Crippen molar-refractivity contribution in [1.82, 2.24) is 14.4 Å². The maximum atomic E-state index is 13.6. The molecular weight excluding hydrogens is 468 g/mol. The van der Waals surface area contributed by atoms with Crippen molar-refractivity contribution < 1.29 is 18.7 Å². The lowest BCUT2D eigenvalue weighted by Gasteiger charge is -2.28. The molecule has 8 nitrogen and oxygen atoms in total. The third kappa shape index (κ3) is 7.49. The second kappa shape index (κ2) is 13.1. The van der Waals surface area contributed by atoms with Crippen molar-refractivity contribution in [3.05, 3.63) is 77.5 Å². The van der Waals surface area contributed by atoms with Crippen molar-refractivity contribution in [3.63, 3.8) is 0 Å². The van der Waals surface area contributed by atoms with Crippen molar-refractivity contribution in [2.45, 2.75) is 52.6 Å². The molecule has 0 radical (unpaired) electrons. The van der Waals surface area contributed by atoms with Gasteiger partial charge in [-0.15, -0.1) is 0 Å². The number of carbonyl (C=O) groups excluding carboxylic acids is 2. The first kappa shape index (κ1) is 28.1. The van der Waals surface area contributed by atoms with Crippen LogP contribution in [0.2, 0.25) is 0 Å². The van der Waals surface area contributed by atoms with Gasteiger partial charge in [0.15, 0.2) is 0 Å². The van der Waals surface area contributed by atoms with Crippen LogP contribution in [-0.4, -0.2) is 53.1 Å². The minimum atomic E-state index is -0.322. The van der Waals surface area contributed by atoms with Gasteiger partial charge in [-0.3, -0.25) is 4.79 Å². The molecule has 0 atom stereocenters. The van der Waals surface area contributed by atoms with Gasteiger partial charge in [-0.25, -0.2) is 4.79 Å². The Hall–Kier alpha value is -3.52. The van der Waals surface area contributed by atoms with Crippen molar-refractivity contribution in [3.8, 4) is 0 Å². The topological polar surface area (TPSA) is 80.0 Å². The number of methoxy groups -OCH3 is 1. The van der Waals surface area contributed by atoms with Crippen LogP contribution in [0.15, 0.2) is 59.3 Å². The number of urea groups is 1. The zero-order chi connectivity index (χ0) is 26.9. The molecule has 200 valence electrons. The van der Waals surface area contributed by atoms with Crippen LogP contribution in [0.5, 0.6) is 0 Å². The number of nitrogens with one attached hydrogen (secondary N) is 1. The van der Waals surface area contributed by atoms with Crippen molar-refractivity contribution >= 4 is 17.6 Å². The number of anilines is 1. The van der Waals surface area contributed by atoms with E-state index in [0.29, 0.717) is 25.5 Å². The van der Waals surface area contributed by atoms with Crippen LogP contribution in [0.25, 0.3) is 0 Å². The molecule has 0 unspecified atom stereocenters. The van der Waals surface area contributed by atoms with E-state index in [1.807, 2.05) is 54.2 Å². The van der Waals surface area contributed by atoms with E-state index in [4.69, 9.17) is 9.15 Å². The van der Waals surface area contributed by atoms with Crippen LogP contribution >= 0.6 is 0 Å². The minimum Gasteiger partial charge on any atom is -0.467 e. The summed E-state index contributed by atoms with van der Waals surface area (Å²) in [6.45, 7) is 9.67. The smallest absolute Gasteiger partial charge is 0.322 e. The zero-order valence-electron chi connectivity index (χ0n) is 22.9. The first-order valence-corrected chi connectivity index (χ1v) is 12.8. The summed E-state index contributed by atoms with van der Waals surface area (Å²) < 4.78 is 12.8. The van der Waals surface area contributed by atoms with Gasteiger partial charge in [0.25, 0.3) is 0 Å². The Bertz CT molecular complexity index is 1120. The first-order chi connectivity index (χ1) is 17.7. The number of para-hydroxylation sites is 1. The highest BCUT2D eigenvalue weighted by atomic mass is 16.5. The Kier molecular flexibility index (Phi) is 9.97. The van der Waals surface area contributed by atoms with E-state index in [1.165, 1.54) is 4.90 Å². The predicted molar refractivity (Wildman–Crippen MR) is 145 cm³/mol. The van der Waals surface area contributed by atoms with E-state index in [-0.39, 0.29) is 36.9 Å². The van der Waals surface area contributed by atoms with Gasteiger partial charge in [0.2, 0.25) is 5.91 Å². The first-order valence-electron chi connectivity index (χ1n) is 12.8. The number of benzene rings is 1. The largest absolute Gasteiger partial charge is 0.467 e. The molecule has 0 saturated carbocycles. The van der Waals surface area contributed by atoms with Crippen LogP contribution in [0.4, 0.5) is 10.5 Å². The monoisotopic (exact) mass is 508 g/mol. The fourth-order valence-electron chi connectivity index (χ4n) is 4.28. The molecular formula is C29H40N4O4. The van der Waals surface area contributed by atoms with Gasteiger partial charge in [-0.05, 0) is 47.2 Å². The average Bonchev–Trinajstić information content (AvgIpc) is 3.52. The number of hydrogen-bond acceptors (Lipinski definition) is 4. The Morgan fingerprint density at radius 1 is 0.973 bits per heavy atom. The van der Waals surface area contributed by atoms with Gasteiger partial charge in [0, 0.05) is 38.3 Å². The SMILES string of the molecule is COCCN(CC(=O)N(Cc1ccco1)Cc1cccn1C)C(=O)Nc1c(C(C)C)cccc1C(C)C. The molecule has 2 aromatic heterocycles. The summed E-state index contributed by atoms with van der Waals surface area (Å²) in [4.78, 5) is 30.4. The molecule has 0 bridgehead atoms. The van der Waals surface area contributed by atoms with E-state index >= 15 is 0 Å². The number of amides is 3. The molecule has 1 aromatic carbocycles. The number of aromatic nitrogens is 1. The quantitative estimate of drug-likeness (QED) is 0.347. The molecule has 2 heterocycles. The Balaban J connectivity index is 1.84. The second-order valence-corrected chi connectivity index (χ2v) is 9.90. The lowest BCUT2D eigenvalue weighted by Crippen LogP contribution is -2.45. The second-order valence-electron chi connectivity index (χ2n) is 9.90. The summed E-state index contributed by atoms with van der Waals surface area (Å²) in [5, 5.41) is 3.13. The van der Waals surface area contributed by atoms with E-state index < -0.39 is 0 Å². The molecule has 0 fully saturated rings. The van der Waals surface area contributed by atoms with Gasteiger partial charge in [-0.1, -0.05) is 45.9 Å². The number of ether oxygens (including phenoxy) is 1. The summed E-state index contributed by atoms with van der Waals surface area (Å²) in [5.74, 6) is 0.974. The Morgan fingerprint density at radius 2 is 1.68 bits per heavy atom. The van der Waals surface area contributed by atoms with Gasteiger partial charge in [-0.2, -0.15) is 0 Å². The van der Waals surface area contributed by atoms with E-state index in [0.717, 1.165) is 22.5 Å². The van der Waals surface area contributed by atoms with E-state index in [2.05, 4.69) is 33.0 Å². The molecule has 0 spiro atoms. The van der Waals surface area contributed by atoms with Crippen LogP contribution in [0.3, 0.4) is 0 Å². The van der Waals surface area contributed by atoms with Gasteiger partial charge in [0.05, 0.1) is 26.0 Å². The third-order valence-electron chi connectivity index (χ3n) is 6.47. The molecule has 8 heteroatoms. The van der Waals surface area contributed by atoms with Crippen molar-refractivity contribution in [1.29, 1.82) is 0 Å². The summed E-state index contributed by atoms with van der Waals surface area (Å²) in [6.07, 6.45) is 3.54. The minimum absolute atomic E-state index is 0.0822. The number of nitrogens with zero attached hydrogens (tertiary/aromatic N) is 3. The lowest BCUT2D eigenvalue weighted by atomic mass is 9.93. The molecule has 37 heavy (non-hydrogen) atoms. The van der Waals surface area contributed by atoms with Crippen LogP contribution in [0.1, 0.15) is 62.1 Å². The van der Waals surface area contributed by atoms with Crippen LogP contribution < -0.4 is 5.32 Å². The van der Waals surface area contributed by atoms with Crippen LogP contribution in [0, 0.1) is 0 Å². The third-order valence-corrected chi connectivity index (χ3v) is 6.47. The highest BCUT2D eigenvalue weighted by Crippen LogP contribution is 2.32. The number of aryl methyl sites for hydroxylation is 1. The molecule has 3 aromatic rings. The summed E-state index contributed by atoms with van der Waals surface area (Å²) >= 11 is 0. The number of hydrogen-bond donors (Lipinski definition) is 1. The number of rotatable bonds is 12. The molecule has 0 saturated heterocycles. The van der Waals surface area contributed by atoms with E-state index in [9.17, 15) is 9.59 Å². The van der Waals surface area contributed by atoms with Gasteiger partial charge >= 0.3 is 6.03 Å². The molecule has 1 N–H and O–H groups in total. The summed E-state index contributed by atoms with van der Waals surface area (Å²) in [7, 11) is 3.53. The molecule has 0 aliphatic rings. The van der Waals surface area contributed by atoms with Crippen LogP contribution in [-0.2, 0) is 29.7 Å². The number of carbonyl (C=O) groups is 2. The number of furan rings is 1. The van der Waals surface area contributed by atoms with Gasteiger partial charge < -0.3 is 28.8 Å². The highest BCUT2D eigenvalue weighted by Gasteiger charge is 2.25. The van der Waals surface area contributed by atoms with Gasteiger partial charge in [0.1, 0.15) is 12.3 Å². The highest BCUT2D eigenvalue weighted by molar-refractivity contribution is 5.94. The standard InChI is InChI=1S/C29H40N4O4/c1-21(2)25-12-7-13-26(22(3)4)28(25)30-29(35)32(15-17-36-6)20-27(34)33(19-24-11-9-16-37-24)18-23-10-8-14-31(23)5/h7-14,16,21-22H,15,17-20H2,1-6H3,(H,30,35). The maximum absolute atomic E-state index is 13.6. The fraction of sp³-hybridized carbons (Fsp3) is 0.448. The average molecular weight is 509 g/mol. The van der Waals surface area contributed by atoms with Crippen molar-refractivity contribution in [2.75, 3.05) is 32.1 Å². The zero-order valence-corrected chi connectivity index (χ0v) is 22.9. The predicted octanol–water partition coefficient (Wildman–Crippen LogP) is 5.57. The lowest BCUT2D eigenvalue weighted by molar-refractivity contribution is -0.133. The normalized spacial score (nSPS) is 11.2. The maximum Gasteiger partial charge on any atom is 0.322 e. The summed E-state index contributed by atoms with van der Waals surface area (Å²) in [6, 6.07) is 13.4. The molecule has 0 aliphatic heterocycles. The van der Waals surface area contributed by atoms with Crippen molar-refractivity contribution in [2.24, 2.45) is 7.05 Å². The Morgan fingerprint density at radius 3 is 2.22 bits per heavy atom.